The number of halogens is 1. The Morgan fingerprint density at radius 2 is 2.50 bits per heavy atom. The third-order valence-electron chi connectivity index (χ3n) is 2.91. The quantitative estimate of drug-likeness (QED) is 0.933. The molecule has 0 amide bonds. The Morgan fingerprint density at radius 3 is 3.00 bits per heavy atom. The van der Waals surface area contributed by atoms with Crippen molar-refractivity contribution in [3.05, 3.63) is 20.3 Å². The van der Waals surface area contributed by atoms with E-state index in [4.69, 9.17) is 5.11 Å². The standard InChI is InChI=1S/C11H14BrNO2S/c1-7-10(12)4-9(16-7)6-13-3-2-8(5-13)11(14)15/h4,8H,2-3,5-6H2,1H3,(H,14,15). The van der Waals surface area contributed by atoms with E-state index in [1.54, 1.807) is 11.3 Å². The summed E-state index contributed by atoms with van der Waals surface area (Å²) in [5, 5.41) is 8.91. The van der Waals surface area contributed by atoms with Crippen molar-refractivity contribution >= 4 is 33.2 Å². The van der Waals surface area contributed by atoms with E-state index >= 15 is 0 Å². The molecule has 16 heavy (non-hydrogen) atoms. The van der Waals surface area contributed by atoms with Crippen LogP contribution in [-0.4, -0.2) is 29.1 Å². The van der Waals surface area contributed by atoms with Crippen LogP contribution in [-0.2, 0) is 11.3 Å². The number of thiophene rings is 1. The molecule has 1 N–H and O–H groups in total. The summed E-state index contributed by atoms with van der Waals surface area (Å²) in [5.74, 6) is -0.837. The monoisotopic (exact) mass is 303 g/mol. The van der Waals surface area contributed by atoms with Gasteiger partial charge in [-0.3, -0.25) is 9.69 Å². The molecule has 5 heteroatoms. The van der Waals surface area contributed by atoms with Crippen LogP contribution in [0.25, 0.3) is 0 Å². The maximum atomic E-state index is 10.8. The van der Waals surface area contributed by atoms with Crippen LogP contribution in [0.2, 0.25) is 0 Å². The van der Waals surface area contributed by atoms with E-state index in [0.29, 0.717) is 6.54 Å². The van der Waals surface area contributed by atoms with Gasteiger partial charge in [-0.05, 0) is 41.9 Å². The molecule has 1 saturated heterocycles. The molecule has 1 aliphatic rings. The molecule has 0 spiro atoms. The molecule has 1 fully saturated rings. The van der Waals surface area contributed by atoms with Crippen LogP contribution in [0.5, 0.6) is 0 Å². The van der Waals surface area contributed by atoms with Crippen LogP contribution in [0.1, 0.15) is 16.2 Å². The van der Waals surface area contributed by atoms with Gasteiger partial charge in [0, 0.05) is 27.3 Å². The molecule has 0 saturated carbocycles. The smallest absolute Gasteiger partial charge is 0.307 e. The van der Waals surface area contributed by atoms with E-state index < -0.39 is 5.97 Å². The number of carbonyl (C=O) groups is 1. The normalized spacial score (nSPS) is 21.5. The van der Waals surface area contributed by atoms with Crippen molar-refractivity contribution in [3.8, 4) is 0 Å². The first-order valence-electron chi connectivity index (χ1n) is 5.26. The van der Waals surface area contributed by atoms with Gasteiger partial charge in [0.2, 0.25) is 0 Å². The lowest BCUT2D eigenvalue weighted by molar-refractivity contribution is -0.141. The molecule has 88 valence electrons. The second kappa shape index (κ2) is 4.85. The van der Waals surface area contributed by atoms with Crippen molar-refractivity contribution < 1.29 is 9.90 Å². The molecule has 1 unspecified atom stereocenters. The van der Waals surface area contributed by atoms with Crippen molar-refractivity contribution in [3.63, 3.8) is 0 Å². The minimum Gasteiger partial charge on any atom is -0.481 e. The van der Waals surface area contributed by atoms with Gasteiger partial charge in [-0.1, -0.05) is 0 Å². The lowest BCUT2D eigenvalue weighted by Crippen LogP contribution is -2.22. The molecular weight excluding hydrogens is 290 g/mol. The van der Waals surface area contributed by atoms with E-state index in [2.05, 4.69) is 33.8 Å². The molecule has 1 aliphatic heterocycles. The summed E-state index contributed by atoms with van der Waals surface area (Å²) in [6.45, 7) is 4.54. The maximum Gasteiger partial charge on any atom is 0.307 e. The van der Waals surface area contributed by atoms with E-state index in [1.165, 1.54) is 9.75 Å². The molecule has 0 radical (unpaired) electrons. The second-order valence-electron chi connectivity index (χ2n) is 4.18. The van der Waals surface area contributed by atoms with Gasteiger partial charge >= 0.3 is 5.97 Å². The van der Waals surface area contributed by atoms with Gasteiger partial charge in [0.15, 0.2) is 0 Å². The van der Waals surface area contributed by atoms with Gasteiger partial charge < -0.3 is 5.11 Å². The highest BCUT2D eigenvalue weighted by Gasteiger charge is 2.28. The van der Waals surface area contributed by atoms with Crippen LogP contribution in [0, 0.1) is 12.8 Å². The average molecular weight is 304 g/mol. The van der Waals surface area contributed by atoms with Crippen LogP contribution in [0.15, 0.2) is 10.5 Å². The number of hydrogen-bond acceptors (Lipinski definition) is 3. The number of likely N-dealkylation sites (tertiary alicyclic amines) is 1. The fourth-order valence-electron chi connectivity index (χ4n) is 1.99. The number of aryl methyl sites for hydroxylation is 1. The van der Waals surface area contributed by atoms with Gasteiger partial charge in [0.05, 0.1) is 5.92 Å². The Balaban J connectivity index is 1.94. The molecule has 1 aromatic heterocycles. The number of rotatable bonds is 3. The summed E-state index contributed by atoms with van der Waals surface area (Å²) in [4.78, 5) is 15.6. The van der Waals surface area contributed by atoms with Crippen LogP contribution >= 0.6 is 27.3 Å². The van der Waals surface area contributed by atoms with E-state index in [9.17, 15) is 4.79 Å². The molecule has 2 rings (SSSR count). The Kier molecular flexibility index (Phi) is 3.66. The largest absolute Gasteiger partial charge is 0.481 e. The van der Waals surface area contributed by atoms with Crippen molar-refractivity contribution in [2.75, 3.05) is 13.1 Å². The lowest BCUT2D eigenvalue weighted by Gasteiger charge is -2.13. The van der Waals surface area contributed by atoms with Crippen LogP contribution < -0.4 is 0 Å². The Morgan fingerprint density at radius 1 is 1.75 bits per heavy atom. The first-order chi connectivity index (χ1) is 7.56. The Hall–Kier alpha value is -0.390. The summed E-state index contributed by atoms with van der Waals surface area (Å²) in [5.41, 5.74) is 0. The van der Waals surface area contributed by atoms with Gasteiger partial charge in [0.1, 0.15) is 0 Å². The fraction of sp³-hybridized carbons (Fsp3) is 0.545. The average Bonchev–Trinajstić information content (AvgIpc) is 2.76. The number of hydrogen-bond donors (Lipinski definition) is 1. The highest BCUT2D eigenvalue weighted by atomic mass is 79.9. The first-order valence-corrected chi connectivity index (χ1v) is 6.87. The van der Waals surface area contributed by atoms with E-state index in [0.717, 1.165) is 24.0 Å². The molecule has 3 nitrogen and oxygen atoms in total. The Bertz CT molecular complexity index is 385. The highest BCUT2D eigenvalue weighted by Crippen LogP contribution is 2.28. The summed E-state index contributed by atoms with van der Waals surface area (Å²) in [6, 6.07) is 2.13. The lowest BCUT2D eigenvalue weighted by atomic mass is 10.1. The third-order valence-corrected chi connectivity index (χ3v) is 5.03. The van der Waals surface area contributed by atoms with Crippen LogP contribution in [0.3, 0.4) is 0 Å². The topological polar surface area (TPSA) is 40.5 Å². The Labute approximate surface area is 107 Å². The SMILES string of the molecule is Cc1sc(CN2CCC(C(=O)O)C2)cc1Br. The maximum absolute atomic E-state index is 10.8. The highest BCUT2D eigenvalue weighted by molar-refractivity contribution is 9.10. The molecule has 1 atom stereocenters. The summed E-state index contributed by atoms with van der Waals surface area (Å²) in [6.07, 6.45) is 0.779. The summed E-state index contributed by atoms with van der Waals surface area (Å²) >= 11 is 5.27. The van der Waals surface area contributed by atoms with Crippen molar-refractivity contribution in [2.45, 2.75) is 19.9 Å². The molecule has 2 heterocycles. The van der Waals surface area contributed by atoms with Crippen molar-refractivity contribution in [1.29, 1.82) is 0 Å². The molecular formula is C11H14BrNO2S. The molecule has 0 bridgehead atoms. The summed E-state index contributed by atoms with van der Waals surface area (Å²) < 4.78 is 1.15. The van der Waals surface area contributed by atoms with Crippen molar-refractivity contribution in [2.24, 2.45) is 5.92 Å². The molecule has 1 aromatic rings. The predicted octanol–water partition coefficient (Wildman–Crippen LogP) is 2.73. The first kappa shape index (κ1) is 12.1. The zero-order chi connectivity index (χ0) is 11.7. The zero-order valence-corrected chi connectivity index (χ0v) is 11.5. The van der Waals surface area contributed by atoms with Gasteiger partial charge in [-0.2, -0.15) is 0 Å². The number of carboxylic acids is 1. The minimum atomic E-state index is -0.661. The van der Waals surface area contributed by atoms with Gasteiger partial charge in [0.25, 0.3) is 0 Å². The minimum absolute atomic E-state index is 0.176. The van der Waals surface area contributed by atoms with Gasteiger partial charge in [-0.25, -0.2) is 0 Å². The van der Waals surface area contributed by atoms with E-state index in [-0.39, 0.29) is 5.92 Å². The van der Waals surface area contributed by atoms with E-state index in [1.807, 2.05) is 0 Å². The van der Waals surface area contributed by atoms with Crippen LogP contribution in [0.4, 0.5) is 0 Å². The zero-order valence-electron chi connectivity index (χ0n) is 9.07. The summed E-state index contributed by atoms with van der Waals surface area (Å²) in [7, 11) is 0. The number of nitrogens with zero attached hydrogens (tertiary/aromatic N) is 1. The van der Waals surface area contributed by atoms with Gasteiger partial charge in [-0.15, -0.1) is 11.3 Å². The number of carboxylic acid groups (broad SMARTS) is 1. The second-order valence-corrected chi connectivity index (χ2v) is 6.37. The fourth-order valence-corrected chi connectivity index (χ4v) is 3.64. The molecule has 0 aromatic carbocycles. The van der Waals surface area contributed by atoms with Crippen molar-refractivity contribution in [1.82, 2.24) is 4.90 Å². The third kappa shape index (κ3) is 2.64. The predicted molar refractivity (Wildman–Crippen MR) is 67.8 cm³/mol. The molecule has 0 aliphatic carbocycles. The number of aliphatic carboxylic acids is 1.